The zero-order valence-electron chi connectivity index (χ0n) is 10.5. The van der Waals surface area contributed by atoms with Gasteiger partial charge in [0.1, 0.15) is 0 Å². The molecule has 1 aliphatic heterocycles. The minimum Gasteiger partial charge on any atom is -0.481 e. The lowest BCUT2D eigenvalue weighted by Crippen LogP contribution is -2.38. The minimum absolute atomic E-state index is 0.328. The largest absolute Gasteiger partial charge is 0.481 e. The third-order valence-corrected chi connectivity index (χ3v) is 3.37. The highest BCUT2D eigenvalue weighted by atomic mass is 16.4. The van der Waals surface area contributed by atoms with Crippen LogP contribution in [0.15, 0.2) is 24.5 Å². The van der Waals surface area contributed by atoms with Crippen molar-refractivity contribution in [3.05, 3.63) is 30.1 Å². The lowest BCUT2D eigenvalue weighted by atomic mass is 10.1. The van der Waals surface area contributed by atoms with Gasteiger partial charge < -0.3 is 10.4 Å². The van der Waals surface area contributed by atoms with Crippen LogP contribution in [0.3, 0.4) is 0 Å². The first kappa shape index (κ1) is 13.0. The Bertz CT molecular complexity index is 396. The number of nitrogens with zero attached hydrogens (tertiary/aromatic N) is 2. The van der Waals surface area contributed by atoms with E-state index in [1.54, 1.807) is 6.20 Å². The van der Waals surface area contributed by atoms with E-state index in [0.717, 1.165) is 18.7 Å². The summed E-state index contributed by atoms with van der Waals surface area (Å²) in [6.45, 7) is 4.82. The van der Waals surface area contributed by atoms with Crippen molar-refractivity contribution in [2.45, 2.75) is 19.5 Å². The molecular formula is C13H19N3O2. The molecule has 2 unspecified atom stereocenters. The van der Waals surface area contributed by atoms with Crippen LogP contribution in [0.2, 0.25) is 0 Å². The SMILES string of the molecule is CC1CNCC(C(=O)O)CN1Cc1cccnc1. The number of aromatic nitrogens is 1. The zero-order chi connectivity index (χ0) is 13.0. The number of hydrogen-bond acceptors (Lipinski definition) is 4. The fraction of sp³-hybridized carbons (Fsp3) is 0.538. The number of carbonyl (C=O) groups is 1. The third kappa shape index (κ3) is 3.27. The molecular weight excluding hydrogens is 230 g/mol. The molecule has 0 aromatic carbocycles. The Morgan fingerprint density at radius 3 is 3.11 bits per heavy atom. The van der Waals surface area contributed by atoms with Crippen LogP contribution in [0.25, 0.3) is 0 Å². The van der Waals surface area contributed by atoms with E-state index in [2.05, 4.69) is 22.1 Å². The molecule has 2 heterocycles. The van der Waals surface area contributed by atoms with Crippen LogP contribution in [0.1, 0.15) is 12.5 Å². The highest BCUT2D eigenvalue weighted by Crippen LogP contribution is 2.13. The van der Waals surface area contributed by atoms with Crippen LogP contribution in [0.5, 0.6) is 0 Å². The van der Waals surface area contributed by atoms with Gasteiger partial charge >= 0.3 is 5.97 Å². The van der Waals surface area contributed by atoms with Crippen molar-refractivity contribution in [2.24, 2.45) is 5.92 Å². The Kier molecular flexibility index (Phi) is 4.28. The van der Waals surface area contributed by atoms with Crippen molar-refractivity contribution in [1.82, 2.24) is 15.2 Å². The molecule has 2 N–H and O–H groups in total. The fourth-order valence-electron chi connectivity index (χ4n) is 2.24. The summed E-state index contributed by atoms with van der Waals surface area (Å²) >= 11 is 0. The van der Waals surface area contributed by atoms with Crippen molar-refractivity contribution in [3.63, 3.8) is 0 Å². The first-order valence-electron chi connectivity index (χ1n) is 6.23. The molecule has 0 aliphatic carbocycles. The second-order valence-corrected chi connectivity index (χ2v) is 4.83. The number of carboxylic acid groups (broad SMARTS) is 1. The molecule has 0 spiro atoms. The van der Waals surface area contributed by atoms with Gasteiger partial charge in [-0.2, -0.15) is 0 Å². The van der Waals surface area contributed by atoms with Gasteiger partial charge in [-0.05, 0) is 18.6 Å². The van der Waals surface area contributed by atoms with Gasteiger partial charge in [0.2, 0.25) is 0 Å². The lowest BCUT2D eigenvalue weighted by molar-refractivity contribution is -0.142. The maximum atomic E-state index is 11.1. The quantitative estimate of drug-likeness (QED) is 0.820. The summed E-state index contributed by atoms with van der Waals surface area (Å²) in [5, 5.41) is 12.4. The number of pyridine rings is 1. The highest BCUT2D eigenvalue weighted by Gasteiger charge is 2.27. The molecule has 0 radical (unpaired) electrons. The number of hydrogen-bond donors (Lipinski definition) is 2. The summed E-state index contributed by atoms with van der Waals surface area (Å²) in [5.41, 5.74) is 1.12. The van der Waals surface area contributed by atoms with E-state index in [9.17, 15) is 4.79 Å². The molecule has 0 saturated carbocycles. The Morgan fingerprint density at radius 1 is 1.61 bits per heavy atom. The fourth-order valence-corrected chi connectivity index (χ4v) is 2.24. The summed E-state index contributed by atoms with van der Waals surface area (Å²) < 4.78 is 0. The predicted molar refractivity (Wildman–Crippen MR) is 68.1 cm³/mol. The number of aliphatic carboxylic acids is 1. The Hall–Kier alpha value is -1.46. The average Bonchev–Trinajstić information content (AvgIpc) is 2.54. The molecule has 18 heavy (non-hydrogen) atoms. The van der Waals surface area contributed by atoms with Crippen molar-refractivity contribution in [3.8, 4) is 0 Å². The van der Waals surface area contributed by atoms with E-state index in [-0.39, 0.29) is 5.92 Å². The minimum atomic E-state index is -0.729. The third-order valence-electron chi connectivity index (χ3n) is 3.37. The van der Waals surface area contributed by atoms with Crippen LogP contribution in [-0.2, 0) is 11.3 Å². The molecule has 1 saturated heterocycles. The smallest absolute Gasteiger partial charge is 0.309 e. The van der Waals surface area contributed by atoms with Crippen molar-refractivity contribution < 1.29 is 9.90 Å². The number of nitrogens with one attached hydrogen (secondary N) is 1. The summed E-state index contributed by atoms with van der Waals surface area (Å²) in [7, 11) is 0. The molecule has 98 valence electrons. The summed E-state index contributed by atoms with van der Waals surface area (Å²) in [5.74, 6) is -1.07. The molecule has 1 aromatic heterocycles. The van der Waals surface area contributed by atoms with Crippen molar-refractivity contribution in [2.75, 3.05) is 19.6 Å². The topological polar surface area (TPSA) is 65.5 Å². The van der Waals surface area contributed by atoms with Crippen LogP contribution in [0.4, 0.5) is 0 Å². The second kappa shape index (κ2) is 5.93. The Labute approximate surface area is 107 Å². The lowest BCUT2D eigenvalue weighted by Gasteiger charge is -2.27. The molecule has 2 rings (SSSR count). The number of rotatable bonds is 3. The monoisotopic (exact) mass is 249 g/mol. The maximum Gasteiger partial charge on any atom is 0.309 e. The molecule has 2 atom stereocenters. The number of carboxylic acids is 1. The van der Waals surface area contributed by atoms with Gasteiger partial charge in [-0.1, -0.05) is 6.07 Å². The molecule has 0 bridgehead atoms. The predicted octanol–water partition coefficient (Wildman–Crippen LogP) is 0.576. The average molecular weight is 249 g/mol. The summed E-state index contributed by atoms with van der Waals surface area (Å²) in [4.78, 5) is 17.4. The molecule has 5 nitrogen and oxygen atoms in total. The maximum absolute atomic E-state index is 11.1. The standard InChI is InChI=1S/C13H19N3O2/c1-10-5-15-7-12(13(17)18)9-16(10)8-11-3-2-4-14-6-11/h2-4,6,10,12,15H,5,7-9H2,1H3,(H,17,18). The van der Waals surface area contributed by atoms with E-state index in [0.29, 0.717) is 19.1 Å². The molecule has 1 aromatic rings. The van der Waals surface area contributed by atoms with Gasteiger partial charge in [-0.3, -0.25) is 14.7 Å². The first-order chi connectivity index (χ1) is 8.66. The summed E-state index contributed by atoms with van der Waals surface area (Å²) in [6, 6.07) is 4.26. The normalized spacial score (nSPS) is 25.6. The molecule has 1 fully saturated rings. The molecule has 0 amide bonds. The van der Waals surface area contributed by atoms with Gasteiger partial charge in [-0.15, -0.1) is 0 Å². The van der Waals surface area contributed by atoms with Crippen LogP contribution in [0, 0.1) is 5.92 Å². The van der Waals surface area contributed by atoms with E-state index in [1.807, 2.05) is 18.3 Å². The van der Waals surface area contributed by atoms with Crippen molar-refractivity contribution >= 4 is 5.97 Å². The Balaban J connectivity index is 2.06. The van der Waals surface area contributed by atoms with E-state index >= 15 is 0 Å². The molecule has 5 heteroatoms. The van der Waals surface area contributed by atoms with E-state index in [1.165, 1.54) is 0 Å². The summed E-state index contributed by atoms with van der Waals surface area (Å²) in [6.07, 6.45) is 3.58. The van der Waals surface area contributed by atoms with Crippen LogP contribution >= 0.6 is 0 Å². The van der Waals surface area contributed by atoms with Gasteiger partial charge in [0.25, 0.3) is 0 Å². The van der Waals surface area contributed by atoms with Crippen LogP contribution < -0.4 is 5.32 Å². The van der Waals surface area contributed by atoms with Gasteiger partial charge in [0, 0.05) is 44.6 Å². The van der Waals surface area contributed by atoms with Gasteiger partial charge in [0.05, 0.1) is 5.92 Å². The zero-order valence-corrected chi connectivity index (χ0v) is 10.5. The van der Waals surface area contributed by atoms with Crippen LogP contribution in [-0.4, -0.2) is 46.6 Å². The van der Waals surface area contributed by atoms with Crippen molar-refractivity contribution in [1.29, 1.82) is 0 Å². The van der Waals surface area contributed by atoms with E-state index in [4.69, 9.17) is 5.11 Å². The first-order valence-corrected chi connectivity index (χ1v) is 6.23. The van der Waals surface area contributed by atoms with E-state index < -0.39 is 5.97 Å². The second-order valence-electron chi connectivity index (χ2n) is 4.83. The highest BCUT2D eigenvalue weighted by molar-refractivity contribution is 5.70. The Morgan fingerprint density at radius 2 is 2.44 bits per heavy atom. The molecule has 1 aliphatic rings. The van der Waals surface area contributed by atoms with Gasteiger partial charge in [0.15, 0.2) is 0 Å². The van der Waals surface area contributed by atoms with Gasteiger partial charge in [-0.25, -0.2) is 0 Å².